The number of alkyl halides is 3. The van der Waals surface area contributed by atoms with Gasteiger partial charge in [-0.15, -0.1) is 0 Å². The van der Waals surface area contributed by atoms with E-state index >= 15 is 0 Å². The standard InChI is InChI=1S/C8H7BrF3NO3S/c1-17(14,15)16-6(8(10,11)12)5-3-2-4-13-7(5)9/h2-4,6H,1H3. The minimum atomic E-state index is -4.85. The molecule has 1 aromatic heterocycles. The highest BCUT2D eigenvalue weighted by Crippen LogP contribution is 2.39. The topological polar surface area (TPSA) is 56.3 Å². The molecule has 1 unspecified atom stereocenters. The Bertz CT molecular complexity index is 503. The van der Waals surface area contributed by atoms with Crippen LogP contribution in [0.4, 0.5) is 13.2 Å². The molecule has 0 bridgehead atoms. The zero-order valence-corrected chi connectivity index (χ0v) is 10.8. The summed E-state index contributed by atoms with van der Waals surface area (Å²) < 4.78 is 63.6. The molecule has 0 spiro atoms. The first-order valence-electron chi connectivity index (χ1n) is 4.16. The van der Waals surface area contributed by atoms with Crippen molar-refractivity contribution >= 4 is 26.0 Å². The normalized spacial score (nSPS) is 14.6. The third-order valence-electron chi connectivity index (χ3n) is 1.64. The van der Waals surface area contributed by atoms with E-state index in [1.165, 1.54) is 12.3 Å². The molecule has 0 aliphatic carbocycles. The van der Waals surface area contributed by atoms with Gasteiger partial charge in [0, 0.05) is 11.8 Å². The molecule has 17 heavy (non-hydrogen) atoms. The predicted octanol–water partition coefficient (Wildman–Crippen LogP) is 2.42. The van der Waals surface area contributed by atoms with Crippen molar-refractivity contribution in [2.75, 3.05) is 6.26 Å². The van der Waals surface area contributed by atoms with E-state index in [9.17, 15) is 21.6 Å². The van der Waals surface area contributed by atoms with E-state index in [-0.39, 0.29) is 4.60 Å². The van der Waals surface area contributed by atoms with Gasteiger partial charge < -0.3 is 0 Å². The summed E-state index contributed by atoms with van der Waals surface area (Å²) in [5.41, 5.74) is -0.398. The van der Waals surface area contributed by atoms with Gasteiger partial charge in [0.1, 0.15) is 4.60 Å². The summed E-state index contributed by atoms with van der Waals surface area (Å²) in [6.45, 7) is 0. The fourth-order valence-corrected chi connectivity index (χ4v) is 2.07. The Morgan fingerprint density at radius 1 is 1.47 bits per heavy atom. The fraction of sp³-hybridized carbons (Fsp3) is 0.375. The Labute approximate surface area is 104 Å². The van der Waals surface area contributed by atoms with Crippen LogP contribution >= 0.6 is 15.9 Å². The molecular weight excluding hydrogens is 327 g/mol. The van der Waals surface area contributed by atoms with Crippen LogP contribution in [0.3, 0.4) is 0 Å². The van der Waals surface area contributed by atoms with E-state index in [2.05, 4.69) is 25.1 Å². The molecule has 0 saturated carbocycles. The second-order valence-electron chi connectivity index (χ2n) is 3.11. The first kappa shape index (κ1) is 14.4. The van der Waals surface area contributed by atoms with Crippen molar-refractivity contribution in [2.45, 2.75) is 12.3 Å². The molecule has 0 aromatic carbocycles. The first-order valence-corrected chi connectivity index (χ1v) is 6.77. The third kappa shape index (κ3) is 4.25. The Morgan fingerprint density at radius 2 is 2.06 bits per heavy atom. The third-order valence-corrected chi connectivity index (χ3v) is 2.84. The van der Waals surface area contributed by atoms with Gasteiger partial charge in [0.15, 0.2) is 6.10 Å². The summed E-state index contributed by atoms with van der Waals surface area (Å²) in [4.78, 5) is 3.59. The van der Waals surface area contributed by atoms with Crippen molar-refractivity contribution in [1.29, 1.82) is 0 Å². The lowest BCUT2D eigenvalue weighted by Gasteiger charge is -2.20. The van der Waals surface area contributed by atoms with Crippen LogP contribution in [0.5, 0.6) is 0 Å². The van der Waals surface area contributed by atoms with Gasteiger partial charge in [-0.3, -0.25) is 4.18 Å². The Morgan fingerprint density at radius 3 is 2.47 bits per heavy atom. The van der Waals surface area contributed by atoms with Gasteiger partial charge in [0.2, 0.25) is 0 Å². The summed E-state index contributed by atoms with van der Waals surface area (Å²) in [6, 6.07) is 2.34. The SMILES string of the molecule is CS(=O)(=O)OC(c1cccnc1Br)C(F)(F)F. The van der Waals surface area contributed by atoms with Crippen molar-refractivity contribution in [2.24, 2.45) is 0 Å². The Hall–Kier alpha value is -0.670. The van der Waals surface area contributed by atoms with E-state index in [4.69, 9.17) is 0 Å². The number of rotatable bonds is 3. The van der Waals surface area contributed by atoms with E-state index < -0.39 is 28.0 Å². The zero-order valence-electron chi connectivity index (χ0n) is 8.40. The maximum absolute atomic E-state index is 12.7. The van der Waals surface area contributed by atoms with Gasteiger partial charge in [0.05, 0.1) is 6.26 Å². The van der Waals surface area contributed by atoms with E-state index in [0.29, 0.717) is 6.26 Å². The molecule has 1 atom stereocenters. The Kier molecular flexibility index (Phi) is 4.15. The largest absolute Gasteiger partial charge is 0.420 e. The lowest BCUT2D eigenvalue weighted by molar-refractivity contribution is -0.197. The van der Waals surface area contributed by atoms with Crippen LogP contribution in [0.15, 0.2) is 22.9 Å². The zero-order chi connectivity index (χ0) is 13.3. The van der Waals surface area contributed by atoms with Gasteiger partial charge in [-0.05, 0) is 22.0 Å². The minimum Gasteiger partial charge on any atom is -0.252 e. The lowest BCUT2D eigenvalue weighted by Crippen LogP contribution is -2.26. The minimum absolute atomic E-state index is 0.119. The van der Waals surface area contributed by atoms with Crippen LogP contribution in [0.2, 0.25) is 0 Å². The maximum Gasteiger partial charge on any atom is 0.420 e. The van der Waals surface area contributed by atoms with E-state index in [1.54, 1.807) is 0 Å². The number of nitrogens with zero attached hydrogens (tertiary/aromatic N) is 1. The van der Waals surface area contributed by atoms with Crippen LogP contribution in [0, 0.1) is 0 Å². The molecule has 4 nitrogen and oxygen atoms in total. The molecule has 0 radical (unpaired) electrons. The molecule has 1 heterocycles. The summed E-state index contributed by atoms with van der Waals surface area (Å²) in [5.74, 6) is 0. The molecule has 1 rings (SSSR count). The van der Waals surface area contributed by atoms with E-state index in [0.717, 1.165) is 6.07 Å². The number of pyridine rings is 1. The molecule has 0 aliphatic rings. The van der Waals surface area contributed by atoms with Crippen LogP contribution < -0.4 is 0 Å². The Balaban J connectivity index is 3.22. The second-order valence-corrected chi connectivity index (χ2v) is 5.46. The quantitative estimate of drug-likeness (QED) is 0.629. The summed E-state index contributed by atoms with van der Waals surface area (Å²) in [6.07, 6.45) is -5.60. The monoisotopic (exact) mass is 333 g/mol. The van der Waals surface area contributed by atoms with Crippen LogP contribution in [0.25, 0.3) is 0 Å². The maximum atomic E-state index is 12.7. The number of aromatic nitrogens is 1. The van der Waals surface area contributed by atoms with Gasteiger partial charge in [-0.1, -0.05) is 6.07 Å². The van der Waals surface area contributed by atoms with Crippen molar-refractivity contribution in [3.63, 3.8) is 0 Å². The molecule has 0 saturated heterocycles. The summed E-state index contributed by atoms with van der Waals surface area (Å²) in [7, 11) is -4.24. The molecule has 0 N–H and O–H groups in total. The van der Waals surface area contributed by atoms with Gasteiger partial charge in [0.25, 0.3) is 10.1 Å². The number of hydrogen-bond acceptors (Lipinski definition) is 4. The smallest absolute Gasteiger partial charge is 0.252 e. The highest BCUT2D eigenvalue weighted by molar-refractivity contribution is 9.10. The summed E-state index contributed by atoms with van der Waals surface area (Å²) >= 11 is 2.81. The highest BCUT2D eigenvalue weighted by Gasteiger charge is 2.45. The van der Waals surface area contributed by atoms with Crippen molar-refractivity contribution in [3.05, 3.63) is 28.5 Å². The van der Waals surface area contributed by atoms with Crippen LogP contribution in [0.1, 0.15) is 11.7 Å². The molecular formula is C8H7BrF3NO3S. The molecule has 96 valence electrons. The van der Waals surface area contributed by atoms with Crippen molar-refractivity contribution < 1.29 is 25.8 Å². The molecule has 9 heteroatoms. The van der Waals surface area contributed by atoms with Gasteiger partial charge >= 0.3 is 6.18 Å². The predicted molar refractivity (Wildman–Crippen MR) is 56.7 cm³/mol. The molecule has 0 aliphatic heterocycles. The lowest BCUT2D eigenvalue weighted by atomic mass is 10.1. The second kappa shape index (κ2) is 4.91. The average Bonchev–Trinajstić information content (AvgIpc) is 2.12. The van der Waals surface area contributed by atoms with Crippen LogP contribution in [-0.2, 0) is 14.3 Å². The van der Waals surface area contributed by atoms with Crippen LogP contribution in [-0.4, -0.2) is 25.8 Å². The first-order chi connectivity index (χ1) is 7.61. The fourth-order valence-electron chi connectivity index (χ4n) is 1.05. The van der Waals surface area contributed by atoms with Crippen molar-refractivity contribution in [3.8, 4) is 0 Å². The molecule has 1 aromatic rings. The summed E-state index contributed by atoms with van der Waals surface area (Å²) in [5, 5.41) is 0. The average molecular weight is 334 g/mol. The van der Waals surface area contributed by atoms with Gasteiger partial charge in [-0.25, -0.2) is 4.98 Å². The number of halogens is 4. The van der Waals surface area contributed by atoms with Crippen molar-refractivity contribution in [1.82, 2.24) is 4.98 Å². The molecule has 0 amide bonds. The van der Waals surface area contributed by atoms with E-state index in [1.807, 2.05) is 0 Å². The van der Waals surface area contributed by atoms with Gasteiger partial charge in [-0.2, -0.15) is 21.6 Å². The number of hydrogen-bond donors (Lipinski definition) is 0. The molecule has 0 fully saturated rings. The highest BCUT2D eigenvalue weighted by atomic mass is 79.9.